The second-order valence-corrected chi connectivity index (χ2v) is 4.31. The van der Waals surface area contributed by atoms with E-state index < -0.39 is 0 Å². The zero-order valence-corrected chi connectivity index (χ0v) is 10.7. The summed E-state index contributed by atoms with van der Waals surface area (Å²) >= 11 is 0. The zero-order chi connectivity index (χ0) is 11.8. The summed E-state index contributed by atoms with van der Waals surface area (Å²) in [5.74, 6) is 0. The summed E-state index contributed by atoms with van der Waals surface area (Å²) in [5, 5.41) is 7.64. The van der Waals surface area contributed by atoms with Crippen LogP contribution in [0.2, 0.25) is 0 Å². The van der Waals surface area contributed by atoms with Crippen LogP contribution < -0.4 is 5.32 Å². The number of nitrogens with zero attached hydrogens (tertiary/aromatic N) is 3. The fraction of sp³-hybridized carbons (Fsp3) is 0.750. The molecule has 1 aromatic rings. The molecule has 1 heterocycles. The van der Waals surface area contributed by atoms with E-state index in [4.69, 9.17) is 0 Å². The van der Waals surface area contributed by atoms with E-state index in [2.05, 4.69) is 36.1 Å². The summed E-state index contributed by atoms with van der Waals surface area (Å²) in [4.78, 5) is 2.44. The molecule has 1 aromatic heterocycles. The molecule has 0 aliphatic rings. The van der Waals surface area contributed by atoms with Gasteiger partial charge in [-0.2, -0.15) is 5.10 Å². The van der Waals surface area contributed by atoms with Crippen molar-refractivity contribution in [1.82, 2.24) is 20.0 Å². The Morgan fingerprint density at radius 1 is 1.38 bits per heavy atom. The van der Waals surface area contributed by atoms with Gasteiger partial charge in [0, 0.05) is 38.1 Å². The van der Waals surface area contributed by atoms with Gasteiger partial charge in [0.15, 0.2) is 0 Å². The van der Waals surface area contributed by atoms with Gasteiger partial charge in [0.05, 0.1) is 6.54 Å². The van der Waals surface area contributed by atoms with E-state index in [1.54, 1.807) is 0 Å². The van der Waals surface area contributed by atoms with Crippen molar-refractivity contribution >= 4 is 0 Å². The number of nitrogens with one attached hydrogen (secondary N) is 1. The third kappa shape index (κ3) is 5.28. The fourth-order valence-electron chi connectivity index (χ4n) is 1.62. The molecule has 0 unspecified atom stereocenters. The number of likely N-dealkylation sites (N-methyl/N-ethyl adjacent to an activating group) is 1. The quantitative estimate of drug-likeness (QED) is 0.720. The van der Waals surface area contributed by atoms with Gasteiger partial charge in [0.1, 0.15) is 0 Å². The van der Waals surface area contributed by atoms with Crippen molar-refractivity contribution in [2.45, 2.75) is 33.4 Å². The van der Waals surface area contributed by atoms with Crippen LogP contribution in [0.5, 0.6) is 0 Å². The minimum Gasteiger partial charge on any atom is -0.313 e. The molecule has 0 bridgehead atoms. The molecule has 1 N–H and O–H groups in total. The van der Waals surface area contributed by atoms with E-state index in [1.807, 2.05) is 23.1 Å². The summed E-state index contributed by atoms with van der Waals surface area (Å²) < 4.78 is 1.98. The maximum absolute atomic E-state index is 4.21. The molecule has 0 amide bonds. The first-order valence-corrected chi connectivity index (χ1v) is 6.15. The van der Waals surface area contributed by atoms with Crippen molar-refractivity contribution in [1.29, 1.82) is 0 Å². The lowest BCUT2D eigenvalue weighted by atomic mass is 10.4. The monoisotopic (exact) mass is 224 g/mol. The van der Waals surface area contributed by atoms with Gasteiger partial charge >= 0.3 is 0 Å². The average Bonchev–Trinajstić information content (AvgIpc) is 2.75. The van der Waals surface area contributed by atoms with Crippen LogP contribution in [0.3, 0.4) is 0 Å². The van der Waals surface area contributed by atoms with Crippen LogP contribution in [-0.4, -0.2) is 46.9 Å². The number of hydrogen-bond acceptors (Lipinski definition) is 3. The van der Waals surface area contributed by atoms with E-state index in [9.17, 15) is 0 Å². The molecule has 0 atom stereocenters. The summed E-state index contributed by atoms with van der Waals surface area (Å²) in [6.45, 7) is 11.9. The first-order chi connectivity index (χ1) is 7.72. The SMILES string of the molecule is CCN(CCNC(C)C)CCn1cccn1. The first kappa shape index (κ1) is 13.2. The molecular formula is C12H24N4. The standard InChI is InChI=1S/C12H24N4/c1-4-15(9-7-13-12(2)3)10-11-16-8-5-6-14-16/h5-6,8,12-13H,4,7,9-11H2,1-3H3. The van der Waals surface area contributed by atoms with Gasteiger partial charge in [-0.25, -0.2) is 0 Å². The summed E-state index contributed by atoms with van der Waals surface area (Å²) in [7, 11) is 0. The lowest BCUT2D eigenvalue weighted by Gasteiger charge is -2.21. The zero-order valence-electron chi connectivity index (χ0n) is 10.7. The van der Waals surface area contributed by atoms with Crippen LogP contribution in [0.1, 0.15) is 20.8 Å². The summed E-state index contributed by atoms with van der Waals surface area (Å²) in [6, 6.07) is 2.54. The van der Waals surface area contributed by atoms with Gasteiger partial charge in [0.2, 0.25) is 0 Å². The molecule has 0 radical (unpaired) electrons. The minimum atomic E-state index is 0.574. The Kier molecular flexibility index (Phi) is 6.11. The van der Waals surface area contributed by atoms with Gasteiger partial charge < -0.3 is 10.2 Å². The molecule has 16 heavy (non-hydrogen) atoms. The number of aromatic nitrogens is 2. The van der Waals surface area contributed by atoms with Crippen LogP contribution in [-0.2, 0) is 6.54 Å². The third-order valence-electron chi connectivity index (χ3n) is 2.63. The van der Waals surface area contributed by atoms with Crippen molar-refractivity contribution in [2.75, 3.05) is 26.2 Å². The molecule has 4 heteroatoms. The predicted octanol–water partition coefficient (Wildman–Crippen LogP) is 1.20. The number of hydrogen-bond donors (Lipinski definition) is 1. The predicted molar refractivity (Wildman–Crippen MR) is 67.5 cm³/mol. The molecule has 0 aliphatic carbocycles. The topological polar surface area (TPSA) is 33.1 Å². The Balaban J connectivity index is 2.16. The number of rotatable bonds is 8. The van der Waals surface area contributed by atoms with Crippen LogP contribution in [0, 0.1) is 0 Å². The van der Waals surface area contributed by atoms with Gasteiger partial charge in [0.25, 0.3) is 0 Å². The highest BCUT2D eigenvalue weighted by atomic mass is 15.3. The van der Waals surface area contributed by atoms with Gasteiger partial charge in [-0.1, -0.05) is 20.8 Å². The van der Waals surface area contributed by atoms with Crippen LogP contribution in [0.15, 0.2) is 18.5 Å². The summed E-state index contributed by atoms with van der Waals surface area (Å²) in [5.41, 5.74) is 0. The lowest BCUT2D eigenvalue weighted by Crippen LogP contribution is -2.36. The molecule has 0 aromatic carbocycles. The van der Waals surface area contributed by atoms with Gasteiger partial charge in [-0.05, 0) is 12.6 Å². The molecule has 0 saturated heterocycles. The maximum Gasteiger partial charge on any atom is 0.0536 e. The molecule has 4 nitrogen and oxygen atoms in total. The van der Waals surface area contributed by atoms with Crippen molar-refractivity contribution in [3.05, 3.63) is 18.5 Å². The van der Waals surface area contributed by atoms with Crippen molar-refractivity contribution in [3.8, 4) is 0 Å². The highest BCUT2D eigenvalue weighted by molar-refractivity contribution is 4.77. The second kappa shape index (κ2) is 7.41. The summed E-state index contributed by atoms with van der Waals surface area (Å²) in [6.07, 6.45) is 3.84. The molecule has 92 valence electrons. The van der Waals surface area contributed by atoms with Crippen LogP contribution in [0.25, 0.3) is 0 Å². The average molecular weight is 224 g/mol. The normalized spacial score (nSPS) is 11.6. The lowest BCUT2D eigenvalue weighted by molar-refractivity contribution is 0.268. The largest absolute Gasteiger partial charge is 0.313 e. The second-order valence-electron chi connectivity index (χ2n) is 4.31. The Labute approximate surface area is 98.6 Å². The van der Waals surface area contributed by atoms with Crippen LogP contribution in [0.4, 0.5) is 0 Å². The molecule has 0 fully saturated rings. The van der Waals surface area contributed by atoms with E-state index in [0.29, 0.717) is 6.04 Å². The van der Waals surface area contributed by atoms with E-state index in [0.717, 1.165) is 32.7 Å². The molecule has 0 saturated carbocycles. The van der Waals surface area contributed by atoms with Gasteiger partial charge in [-0.15, -0.1) is 0 Å². The smallest absolute Gasteiger partial charge is 0.0536 e. The Morgan fingerprint density at radius 3 is 2.75 bits per heavy atom. The van der Waals surface area contributed by atoms with E-state index in [1.165, 1.54) is 0 Å². The molecular weight excluding hydrogens is 200 g/mol. The Bertz CT molecular complexity index is 256. The molecule has 1 rings (SSSR count). The fourth-order valence-corrected chi connectivity index (χ4v) is 1.62. The third-order valence-corrected chi connectivity index (χ3v) is 2.63. The van der Waals surface area contributed by atoms with Crippen LogP contribution >= 0.6 is 0 Å². The highest BCUT2D eigenvalue weighted by Gasteiger charge is 2.02. The Hall–Kier alpha value is -0.870. The first-order valence-electron chi connectivity index (χ1n) is 6.15. The van der Waals surface area contributed by atoms with Crippen molar-refractivity contribution in [2.24, 2.45) is 0 Å². The van der Waals surface area contributed by atoms with Crippen molar-refractivity contribution < 1.29 is 0 Å². The van der Waals surface area contributed by atoms with E-state index in [-0.39, 0.29) is 0 Å². The van der Waals surface area contributed by atoms with Crippen molar-refractivity contribution in [3.63, 3.8) is 0 Å². The molecule has 0 spiro atoms. The highest BCUT2D eigenvalue weighted by Crippen LogP contribution is 1.91. The molecule has 0 aliphatic heterocycles. The minimum absolute atomic E-state index is 0.574. The maximum atomic E-state index is 4.21. The van der Waals surface area contributed by atoms with E-state index >= 15 is 0 Å². The van der Waals surface area contributed by atoms with Gasteiger partial charge in [-0.3, -0.25) is 4.68 Å². The Morgan fingerprint density at radius 2 is 2.19 bits per heavy atom.